The second kappa shape index (κ2) is 5.31. The number of carboxylic acid groups (broad SMARTS) is 1. The molecule has 2 aliphatic rings. The highest BCUT2D eigenvalue weighted by Gasteiger charge is 2.44. The minimum absolute atomic E-state index is 0.244. The Bertz CT molecular complexity index is 483. The summed E-state index contributed by atoms with van der Waals surface area (Å²) in [4.78, 5) is 48.9. The van der Waals surface area contributed by atoms with Crippen molar-refractivity contribution in [2.45, 2.75) is 31.3 Å². The zero-order valence-corrected chi connectivity index (χ0v) is 11.8. The number of carbonyl (C=O) groups excluding carboxylic acids is 3. The molecule has 8 nitrogen and oxygen atoms in total. The molecule has 0 radical (unpaired) electrons. The molecule has 2 rings (SSSR count). The molecule has 2 aliphatic heterocycles. The van der Waals surface area contributed by atoms with Gasteiger partial charge < -0.3 is 10.0 Å². The lowest BCUT2D eigenvalue weighted by Crippen LogP contribution is -2.62. The third kappa shape index (κ3) is 2.45. The number of carboxylic acids is 1. The lowest BCUT2D eigenvalue weighted by Gasteiger charge is -2.36. The minimum atomic E-state index is -1.09. The molecule has 0 aromatic carbocycles. The smallest absolute Gasteiger partial charge is 0.327 e. The first-order valence-corrected chi connectivity index (χ1v) is 7.15. The zero-order valence-electron chi connectivity index (χ0n) is 11.0. The molecule has 0 bridgehead atoms. The Morgan fingerprint density at radius 2 is 2.00 bits per heavy atom. The first-order valence-electron chi connectivity index (χ1n) is 6.10. The van der Waals surface area contributed by atoms with Gasteiger partial charge in [0.25, 0.3) is 0 Å². The normalized spacial score (nSPS) is 30.4. The van der Waals surface area contributed by atoms with Gasteiger partial charge in [-0.05, 0) is 13.8 Å². The van der Waals surface area contributed by atoms with Crippen LogP contribution in [0.2, 0.25) is 0 Å². The van der Waals surface area contributed by atoms with E-state index in [0.29, 0.717) is 5.75 Å². The molecule has 110 valence electrons. The molecule has 0 aliphatic carbocycles. The Hall–Kier alpha value is -1.77. The van der Waals surface area contributed by atoms with E-state index in [1.54, 1.807) is 6.92 Å². The molecule has 2 N–H and O–H groups in total. The summed E-state index contributed by atoms with van der Waals surface area (Å²) in [5.41, 5.74) is 0. The Kier molecular flexibility index (Phi) is 3.89. The maximum absolute atomic E-state index is 12.5. The van der Waals surface area contributed by atoms with E-state index in [2.05, 4.69) is 5.32 Å². The number of aliphatic carboxylic acids is 1. The summed E-state index contributed by atoms with van der Waals surface area (Å²) in [5, 5.41) is 11.0. The summed E-state index contributed by atoms with van der Waals surface area (Å²) in [7, 11) is 0. The van der Waals surface area contributed by atoms with Gasteiger partial charge in [-0.15, -0.1) is 11.8 Å². The van der Waals surface area contributed by atoms with Crippen LogP contribution in [0.3, 0.4) is 0 Å². The number of hydrogen-bond donors (Lipinski definition) is 2. The van der Waals surface area contributed by atoms with Crippen LogP contribution in [-0.4, -0.2) is 68.5 Å². The van der Waals surface area contributed by atoms with E-state index in [-0.39, 0.29) is 11.9 Å². The lowest BCUT2D eigenvalue weighted by molar-refractivity contribution is -0.141. The fraction of sp³-hybridized carbons (Fsp3) is 0.636. The summed E-state index contributed by atoms with van der Waals surface area (Å²) in [6.45, 7) is 2.98. The van der Waals surface area contributed by atoms with E-state index in [4.69, 9.17) is 5.11 Å². The number of carbonyl (C=O) groups is 4. The van der Waals surface area contributed by atoms with Gasteiger partial charge >= 0.3 is 12.0 Å². The maximum atomic E-state index is 12.5. The van der Waals surface area contributed by atoms with Gasteiger partial charge in [0.15, 0.2) is 0 Å². The van der Waals surface area contributed by atoms with E-state index in [9.17, 15) is 19.2 Å². The molecule has 9 heteroatoms. The van der Waals surface area contributed by atoms with E-state index in [0.717, 1.165) is 4.90 Å². The number of hydrogen-bond acceptors (Lipinski definition) is 5. The summed E-state index contributed by atoms with van der Waals surface area (Å²) in [6.07, 6.45) is 0. The number of nitrogens with zero attached hydrogens (tertiary/aromatic N) is 2. The molecule has 0 spiro atoms. The van der Waals surface area contributed by atoms with E-state index in [1.807, 2.05) is 0 Å². The third-order valence-corrected chi connectivity index (χ3v) is 4.62. The van der Waals surface area contributed by atoms with Crippen LogP contribution in [0.5, 0.6) is 0 Å². The number of imide groups is 1. The standard InChI is InChI=1S/C11H15N3O5S/c1-5-9(16)12-8(15)3-13(5)11(19)14-6(2)20-4-7(14)10(17)18/h5-7H,3-4H2,1-2H3,(H,17,18)(H,12,15,16). The lowest BCUT2D eigenvalue weighted by atomic mass is 10.2. The van der Waals surface area contributed by atoms with Gasteiger partial charge in [0, 0.05) is 5.75 Å². The number of amides is 4. The number of nitrogens with one attached hydrogen (secondary N) is 1. The van der Waals surface area contributed by atoms with Crippen LogP contribution < -0.4 is 5.32 Å². The van der Waals surface area contributed by atoms with Gasteiger partial charge in [-0.25, -0.2) is 9.59 Å². The van der Waals surface area contributed by atoms with Gasteiger partial charge in [0.2, 0.25) is 11.8 Å². The van der Waals surface area contributed by atoms with Crippen LogP contribution >= 0.6 is 11.8 Å². The number of rotatable bonds is 1. The van der Waals surface area contributed by atoms with Crippen LogP contribution in [0.25, 0.3) is 0 Å². The molecule has 2 fully saturated rings. The van der Waals surface area contributed by atoms with Crippen LogP contribution in [0.4, 0.5) is 4.79 Å². The fourth-order valence-corrected chi connectivity index (χ4v) is 3.38. The Morgan fingerprint density at radius 1 is 1.35 bits per heavy atom. The predicted molar refractivity (Wildman–Crippen MR) is 69.9 cm³/mol. The van der Waals surface area contributed by atoms with E-state index < -0.39 is 35.9 Å². The van der Waals surface area contributed by atoms with Crippen molar-refractivity contribution in [1.29, 1.82) is 0 Å². The number of urea groups is 1. The number of piperazine rings is 1. The van der Waals surface area contributed by atoms with Crippen LogP contribution in [0.15, 0.2) is 0 Å². The SMILES string of the molecule is CC1C(=O)NC(=O)CN1C(=O)N1C(C)SCC1C(=O)O. The molecule has 3 unspecified atom stereocenters. The van der Waals surface area contributed by atoms with Crippen molar-refractivity contribution in [3.63, 3.8) is 0 Å². The Labute approximate surface area is 119 Å². The molecule has 2 saturated heterocycles. The third-order valence-electron chi connectivity index (χ3n) is 3.40. The highest BCUT2D eigenvalue weighted by Crippen LogP contribution is 2.30. The average molecular weight is 301 g/mol. The van der Waals surface area contributed by atoms with Gasteiger partial charge in [-0.3, -0.25) is 19.8 Å². The van der Waals surface area contributed by atoms with E-state index in [1.165, 1.54) is 23.6 Å². The summed E-state index contributed by atoms with van der Waals surface area (Å²) < 4.78 is 0. The second-order valence-electron chi connectivity index (χ2n) is 4.69. The molecule has 0 saturated carbocycles. The van der Waals surface area contributed by atoms with Gasteiger partial charge in [-0.2, -0.15) is 0 Å². The van der Waals surface area contributed by atoms with E-state index >= 15 is 0 Å². The highest BCUT2D eigenvalue weighted by atomic mass is 32.2. The molecular weight excluding hydrogens is 286 g/mol. The molecule has 0 aromatic rings. The fourth-order valence-electron chi connectivity index (χ4n) is 2.22. The zero-order chi connectivity index (χ0) is 15.0. The first-order chi connectivity index (χ1) is 9.32. The largest absolute Gasteiger partial charge is 0.480 e. The van der Waals surface area contributed by atoms with Gasteiger partial charge in [0.1, 0.15) is 18.6 Å². The molecule has 3 atom stereocenters. The van der Waals surface area contributed by atoms with Gasteiger partial charge in [-0.1, -0.05) is 0 Å². The van der Waals surface area contributed by atoms with Crippen molar-refractivity contribution in [2.75, 3.05) is 12.3 Å². The summed E-state index contributed by atoms with van der Waals surface area (Å²) in [5.74, 6) is -1.91. The van der Waals surface area contributed by atoms with Crippen molar-refractivity contribution < 1.29 is 24.3 Å². The van der Waals surface area contributed by atoms with Crippen LogP contribution in [0.1, 0.15) is 13.8 Å². The van der Waals surface area contributed by atoms with Crippen molar-refractivity contribution in [3.8, 4) is 0 Å². The monoisotopic (exact) mass is 301 g/mol. The molecule has 4 amide bonds. The minimum Gasteiger partial charge on any atom is -0.480 e. The highest BCUT2D eigenvalue weighted by molar-refractivity contribution is 8.00. The van der Waals surface area contributed by atoms with Crippen molar-refractivity contribution in [1.82, 2.24) is 15.1 Å². The Balaban J connectivity index is 2.22. The van der Waals surface area contributed by atoms with Crippen LogP contribution in [0, 0.1) is 0 Å². The summed E-state index contributed by atoms with van der Waals surface area (Å²) in [6, 6.07) is -2.33. The van der Waals surface area contributed by atoms with Crippen LogP contribution in [-0.2, 0) is 14.4 Å². The van der Waals surface area contributed by atoms with Gasteiger partial charge in [0.05, 0.1) is 5.37 Å². The second-order valence-corrected chi connectivity index (χ2v) is 6.04. The first kappa shape index (κ1) is 14.6. The maximum Gasteiger partial charge on any atom is 0.327 e. The topological polar surface area (TPSA) is 107 Å². The molecule has 2 heterocycles. The summed E-state index contributed by atoms with van der Waals surface area (Å²) >= 11 is 1.35. The van der Waals surface area contributed by atoms with Crippen molar-refractivity contribution >= 4 is 35.6 Å². The molecular formula is C11H15N3O5S. The quantitative estimate of drug-likeness (QED) is 0.620. The van der Waals surface area contributed by atoms with Crippen molar-refractivity contribution in [2.24, 2.45) is 0 Å². The Morgan fingerprint density at radius 3 is 2.60 bits per heavy atom. The average Bonchev–Trinajstić information content (AvgIpc) is 2.75. The molecule has 20 heavy (non-hydrogen) atoms. The number of thioether (sulfide) groups is 1. The molecule has 0 aromatic heterocycles. The predicted octanol–water partition coefficient (Wildman–Crippen LogP) is -0.699. The van der Waals surface area contributed by atoms with Crippen molar-refractivity contribution in [3.05, 3.63) is 0 Å².